The Morgan fingerprint density at radius 1 is 1.31 bits per heavy atom. The predicted molar refractivity (Wildman–Crippen MR) is 61.9 cm³/mol. The molecular weight excluding hydrogens is 243 g/mol. The summed E-state index contributed by atoms with van der Waals surface area (Å²) in [5.74, 6) is 0.892. The van der Waals surface area contributed by atoms with Crippen LogP contribution in [0.5, 0.6) is 0 Å². The van der Waals surface area contributed by atoms with Crippen LogP contribution >= 0.6 is 10.0 Å². The van der Waals surface area contributed by atoms with Gasteiger partial charge in [0, 0.05) is 0 Å². The van der Waals surface area contributed by atoms with Gasteiger partial charge in [0.15, 0.2) is 0 Å². The molecule has 1 aromatic carbocycles. The van der Waals surface area contributed by atoms with Crippen LogP contribution < -0.4 is 4.35 Å². The average molecular weight is 258 g/mol. The van der Waals surface area contributed by atoms with E-state index in [1.54, 1.807) is 0 Å². The van der Waals surface area contributed by atoms with Gasteiger partial charge in [-0.25, -0.2) is 0 Å². The Labute approximate surface area is 87.8 Å². The maximum atomic E-state index is 8.76. The molecule has 1 nitrogen and oxygen atoms in total. The van der Waals surface area contributed by atoms with Crippen LogP contribution in [0.25, 0.3) is 0 Å². The number of hydrogen-bond donors (Lipinski definition) is 1. The van der Waals surface area contributed by atoms with E-state index in [4.69, 9.17) is 5.11 Å². The zero-order valence-electron chi connectivity index (χ0n) is 7.81. The van der Waals surface area contributed by atoms with E-state index in [1.165, 1.54) is 9.56 Å². The van der Waals surface area contributed by atoms with E-state index in [0.29, 0.717) is 6.61 Å². The van der Waals surface area contributed by atoms with Gasteiger partial charge in [0.1, 0.15) is 0 Å². The standard InChI is InChI=1S/C10H15AsOS/c1-2-11(13-9-8-12)10-6-4-3-5-7-10/h3-7,12H,2,8-9H2,1H3. The van der Waals surface area contributed by atoms with Gasteiger partial charge in [-0.2, -0.15) is 0 Å². The number of aliphatic hydroxyl groups excluding tert-OH is 1. The van der Waals surface area contributed by atoms with Crippen LogP contribution in [-0.2, 0) is 0 Å². The molecular formula is C10H15AsOS. The molecule has 0 aliphatic rings. The van der Waals surface area contributed by atoms with Crippen LogP contribution in [0.2, 0.25) is 5.21 Å². The predicted octanol–water partition coefficient (Wildman–Crippen LogP) is 1.63. The summed E-state index contributed by atoms with van der Waals surface area (Å²) in [7, 11) is 1.97. The van der Waals surface area contributed by atoms with E-state index in [2.05, 4.69) is 37.3 Å². The van der Waals surface area contributed by atoms with E-state index >= 15 is 0 Å². The molecule has 1 rings (SSSR count). The first-order chi connectivity index (χ1) is 6.38. The fourth-order valence-corrected chi connectivity index (χ4v) is 8.17. The summed E-state index contributed by atoms with van der Waals surface area (Å²) in [6, 6.07) is 10.7. The number of rotatable bonds is 5. The van der Waals surface area contributed by atoms with Crippen LogP contribution in [0.3, 0.4) is 0 Å². The normalized spacial score (nSPS) is 12.8. The number of benzene rings is 1. The minimum atomic E-state index is -0.901. The minimum absolute atomic E-state index is 0.308. The number of hydrogen-bond acceptors (Lipinski definition) is 2. The van der Waals surface area contributed by atoms with E-state index in [1.807, 2.05) is 10.0 Å². The molecule has 0 heterocycles. The fourth-order valence-electron chi connectivity index (χ4n) is 1.09. The van der Waals surface area contributed by atoms with Crippen molar-refractivity contribution in [3.63, 3.8) is 0 Å². The molecule has 1 aromatic rings. The third-order valence-electron chi connectivity index (χ3n) is 1.67. The zero-order valence-corrected chi connectivity index (χ0v) is 10.5. The Balaban J connectivity index is 2.56. The summed E-state index contributed by atoms with van der Waals surface area (Å²) in [5, 5.41) is 10.0. The van der Waals surface area contributed by atoms with Crippen molar-refractivity contribution in [3.8, 4) is 0 Å². The topological polar surface area (TPSA) is 20.2 Å². The molecule has 0 spiro atoms. The first-order valence-corrected chi connectivity index (χ1v) is 9.95. The quantitative estimate of drug-likeness (QED) is 0.810. The molecule has 0 radical (unpaired) electrons. The van der Waals surface area contributed by atoms with Gasteiger partial charge < -0.3 is 0 Å². The summed E-state index contributed by atoms with van der Waals surface area (Å²) in [4.78, 5) is 0. The van der Waals surface area contributed by atoms with Gasteiger partial charge in [0.2, 0.25) is 0 Å². The molecule has 0 aromatic heterocycles. The third kappa shape index (κ3) is 3.76. The van der Waals surface area contributed by atoms with Gasteiger partial charge in [-0.15, -0.1) is 0 Å². The van der Waals surface area contributed by atoms with E-state index in [0.717, 1.165) is 5.75 Å². The second-order valence-corrected chi connectivity index (χ2v) is 11.2. The van der Waals surface area contributed by atoms with Crippen molar-refractivity contribution in [3.05, 3.63) is 30.3 Å². The average Bonchev–Trinajstić information content (AvgIpc) is 2.21. The van der Waals surface area contributed by atoms with E-state index in [-0.39, 0.29) is 0 Å². The molecule has 0 saturated heterocycles. The molecule has 0 amide bonds. The van der Waals surface area contributed by atoms with Crippen molar-refractivity contribution in [1.29, 1.82) is 0 Å². The molecule has 1 atom stereocenters. The van der Waals surface area contributed by atoms with Gasteiger partial charge in [-0.3, -0.25) is 0 Å². The zero-order chi connectivity index (χ0) is 9.52. The molecule has 0 fully saturated rings. The summed E-state index contributed by atoms with van der Waals surface area (Å²) >= 11 is -0.901. The van der Waals surface area contributed by atoms with Crippen LogP contribution in [0, 0.1) is 0 Å². The van der Waals surface area contributed by atoms with Crippen LogP contribution in [-0.4, -0.2) is 31.0 Å². The molecule has 3 heteroatoms. The van der Waals surface area contributed by atoms with Crippen molar-refractivity contribution in [2.45, 2.75) is 12.1 Å². The van der Waals surface area contributed by atoms with E-state index < -0.39 is 13.5 Å². The van der Waals surface area contributed by atoms with Gasteiger partial charge in [-0.1, -0.05) is 0 Å². The summed E-state index contributed by atoms with van der Waals surface area (Å²) in [6.45, 7) is 2.56. The van der Waals surface area contributed by atoms with Gasteiger partial charge in [-0.05, 0) is 0 Å². The van der Waals surface area contributed by atoms with Gasteiger partial charge >= 0.3 is 87.8 Å². The number of aliphatic hydroxyl groups is 1. The monoisotopic (exact) mass is 258 g/mol. The van der Waals surface area contributed by atoms with Crippen LogP contribution in [0.4, 0.5) is 0 Å². The second kappa shape index (κ2) is 6.53. The van der Waals surface area contributed by atoms with Gasteiger partial charge in [0.25, 0.3) is 0 Å². The summed E-state index contributed by atoms with van der Waals surface area (Å²) in [6.07, 6.45) is 0. The molecule has 0 bridgehead atoms. The Morgan fingerprint density at radius 2 is 2.00 bits per heavy atom. The molecule has 0 saturated carbocycles. The summed E-state index contributed by atoms with van der Waals surface area (Å²) in [5.41, 5.74) is 0. The maximum absolute atomic E-state index is 8.76. The molecule has 0 aliphatic heterocycles. The summed E-state index contributed by atoms with van der Waals surface area (Å²) < 4.78 is 1.51. The van der Waals surface area contributed by atoms with E-state index in [9.17, 15) is 0 Å². The Bertz CT molecular complexity index is 228. The SMILES string of the molecule is CC[As](SCCO)c1ccccc1. The van der Waals surface area contributed by atoms with Crippen molar-refractivity contribution in [2.24, 2.45) is 0 Å². The van der Waals surface area contributed by atoms with Gasteiger partial charge in [0.05, 0.1) is 0 Å². The van der Waals surface area contributed by atoms with Crippen molar-refractivity contribution < 1.29 is 5.11 Å². The molecule has 0 aliphatic carbocycles. The van der Waals surface area contributed by atoms with Crippen molar-refractivity contribution >= 4 is 27.9 Å². The molecule has 1 N–H and O–H groups in total. The van der Waals surface area contributed by atoms with Crippen molar-refractivity contribution in [2.75, 3.05) is 12.4 Å². The Hall–Kier alpha value is 0.0884. The first-order valence-electron chi connectivity index (χ1n) is 4.45. The van der Waals surface area contributed by atoms with Crippen LogP contribution in [0.1, 0.15) is 6.92 Å². The van der Waals surface area contributed by atoms with Crippen LogP contribution in [0.15, 0.2) is 30.3 Å². The fraction of sp³-hybridized carbons (Fsp3) is 0.400. The third-order valence-corrected chi connectivity index (χ3v) is 10.9. The Kier molecular flexibility index (Phi) is 5.61. The Morgan fingerprint density at radius 3 is 2.54 bits per heavy atom. The van der Waals surface area contributed by atoms with Crippen molar-refractivity contribution in [1.82, 2.24) is 0 Å². The first kappa shape index (κ1) is 11.2. The second-order valence-electron chi connectivity index (χ2n) is 2.59. The molecule has 13 heavy (non-hydrogen) atoms. The molecule has 72 valence electrons. The molecule has 1 unspecified atom stereocenters.